The monoisotopic (exact) mass is 368 g/mol. The van der Waals surface area contributed by atoms with Gasteiger partial charge in [-0.15, -0.1) is 0 Å². The molecule has 0 saturated heterocycles. The van der Waals surface area contributed by atoms with Crippen molar-refractivity contribution in [2.75, 3.05) is 13.7 Å². The maximum absolute atomic E-state index is 6.85. The Labute approximate surface area is 157 Å². The summed E-state index contributed by atoms with van der Waals surface area (Å²) >= 11 is 0. The van der Waals surface area contributed by atoms with Crippen molar-refractivity contribution in [1.29, 1.82) is 0 Å². The summed E-state index contributed by atoms with van der Waals surface area (Å²) in [5.41, 5.74) is 0. The zero-order chi connectivity index (χ0) is 18.6. The molecule has 0 spiro atoms. The van der Waals surface area contributed by atoms with Crippen LogP contribution < -0.4 is 10.4 Å². The molecule has 2 aromatic rings. The Hall–Kier alpha value is -1.72. The molecule has 4 heteroatoms. The number of rotatable bonds is 6. The summed E-state index contributed by atoms with van der Waals surface area (Å²) in [6.45, 7) is 7.36. The predicted octanol–water partition coefficient (Wildman–Crippen LogP) is 3.49. The van der Waals surface area contributed by atoms with Crippen LogP contribution in [0.1, 0.15) is 20.8 Å². The molecular formula is C22H28O3Si. The van der Waals surface area contributed by atoms with Crippen LogP contribution in [0, 0.1) is 0 Å². The topological polar surface area (TPSA) is 27.7 Å². The molecule has 0 radical (unpaired) electrons. The minimum atomic E-state index is -2.50. The van der Waals surface area contributed by atoms with E-state index in [1.165, 1.54) is 10.4 Å². The van der Waals surface area contributed by atoms with Crippen LogP contribution in [0.2, 0.25) is 5.04 Å². The Morgan fingerprint density at radius 3 is 1.85 bits per heavy atom. The van der Waals surface area contributed by atoms with Gasteiger partial charge in [0.1, 0.15) is 6.10 Å². The molecule has 138 valence electrons. The number of hydrogen-bond donors (Lipinski definition) is 0. The zero-order valence-corrected chi connectivity index (χ0v) is 17.0. The van der Waals surface area contributed by atoms with Gasteiger partial charge < -0.3 is 13.9 Å². The molecule has 0 amide bonds. The van der Waals surface area contributed by atoms with E-state index in [2.05, 4.69) is 81.4 Å². The molecule has 0 aliphatic carbocycles. The fourth-order valence-corrected chi connectivity index (χ4v) is 8.25. The summed E-state index contributed by atoms with van der Waals surface area (Å²) in [5, 5.41) is 2.53. The Kier molecular flexibility index (Phi) is 5.78. The fourth-order valence-electron chi connectivity index (χ4n) is 3.68. The molecule has 2 atom stereocenters. The highest BCUT2D eigenvalue weighted by molar-refractivity contribution is 6.99. The van der Waals surface area contributed by atoms with Crippen molar-refractivity contribution in [2.24, 2.45) is 0 Å². The van der Waals surface area contributed by atoms with E-state index in [-0.39, 0.29) is 17.4 Å². The van der Waals surface area contributed by atoms with Crippen LogP contribution in [0.5, 0.6) is 0 Å². The standard InChI is InChI=1S/C22H28O3Si/c1-22(2,3)26(19-11-7-5-8-12-19,20-13-9-6-10-14-20)24-17-18-15-16-21(23-4)25-18/h5-16,18,21H,17H2,1-4H3/t18-,21+/m0/s1. The maximum atomic E-state index is 6.85. The van der Waals surface area contributed by atoms with Crippen molar-refractivity contribution >= 4 is 18.7 Å². The average molecular weight is 369 g/mol. The Morgan fingerprint density at radius 2 is 1.42 bits per heavy atom. The number of methoxy groups -OCH3 is 1. The van der Waals surface area contributed by atoms with Crippen LogP contribution in [0.3, 0.4) is 0 Å². The van der Waals surface area contributed by atoms with Crippen LogP contribution >= 0.6 is 0 Å². The molecule has 0 fully saturated rings. The Morgan fingerprint density at radius 1 is 0.885 bits per heavy atom. The van der Waals surface area contributed by atoms with Gasteiger partial charge in [0.15, 0.2) is 6.29 Å². The highest BCUT2D eigenvalue weighted by Gasteiger charge is 2.50. The molecule has 2 aromatic carbocycles. The van der Waals surface area contributed by atoms with Gasteiger partial charge in [0, 0.05) is 7.11 Å². The average Bonchev–Trinajstić information content (AvgIpc) is 3.11. The largest absolute Gasteiger partial charge is 0.404 e. The number of ether oxygens (including phenoxy) is 2. The van der Waals surface area contributed by atoms with E-state index in [1.54, 1.807) is 7.11 Å². The third-order valence-corrected chi connectivity index (χ3v) is 9.91. The third-order valence-electron chi connectivity index (χ3n) is 4.91. The highest BCUT2D eigenvalue weighted by atomic mass is 28.4. The zero-order valence-electron chi connectivity index (χ0n) is 16.0. The summed E-state index contributed by atoms with van der Waals surface area (Å²) in [6.07, 6.45) is 3.62. The van der Waals surface area contributed by atoms with Crippen LogP contribution in [0.4, 0.5) is 0 Å². The first-order valence-electron chi connectivity index (χ1n) is 9.09. The van der Waals surface area contributed by atoms with E-state index in [1.807, 2.05) is 12.2 Å². The molecule has 1 aliphatic heterocycles. The van der Waals surface area contributed by atoms with E-state index in [0.717, 1.165) is 0 Å². The summed E-state index contributed by atoms with van der Waals surface area (Å²) in [7, 11) is -0.851. The van der Waals surface area contributed by atoms with E-state index < -0.39 is 8.32 Å². The lowest BCUT2D eigenvalue weighted by molar-refractivity contribution is -0.106. The van der Waals surface area contributed by atoms with Crippen molar-refractivity contribution in [1.82, 2.24) is 0 Å². The lowest BCUT2D eigenvalue weighted by Gasteiger charge is -2.43. The lowest BCUT2D eigenvalue weighted by Crippen LogP contribution is -2.67. The van der Waals surface area contributed by atoms with Crippen LogP contribution in [0.15, 0.2) is 72.8 Å². The van der Waals surface area contributed by atoms with E-state index in [0.29, 0.717) is 6.61 Å². The highest BCUT2D eigenvalue weighted by Crippen LogP contribution is 2.37. The van der Waals surface area contributed by atoms with Crippen molar-refractivity contribution in [2.45, 2.75) is 38.2 Å². The predicted molar refractivity (Wildman–Crippen MR) is 108 cm³/mol. The van der Waals surface area contributed by atoms with Crippen molar-refractivity contribution < 1.29 is 13.9 Å². The van der Waals surface area contributed by atoms with Gasteiger partial charge >= 0.3 is 0 Å². The second kappa shape index (κ2) is 7.88. The maximum Gasteiger partial charge on any atom is 0.261 e. The van der Waals surface area contributed by atoms with Gasteiger partial charge in [0.25, 0.3) is 8.32 Å². The van der Waals surface area contributed by atoms with E-state index in [4.69, 9.17) is 13.9 Å². The van der Waals surface area contributed by atoms with Gasteiger partial charge in [-0.2, -0.15) is 0 Å². The van der Waals surface area contributed by atoms with Crippen LogP contribution in [0.25, 0.3) is 0 Å². The summed E-state index contributed by atoms with van der Waals surface area (Å²) in [6, 6.07) is 21.3. The molecule has 1 aliphatic rings. The van der Waals surface area contributed by atoms with Gasteiger partial charge in [-0.3, -0.25) is 0 Å². The summed E-state index contributed by atoms with van der Waals surface area (Å²) in [4.78, 5) is 0. The second-order valence-electron chi connectivity index (χ2n) is 7.64. The second-order valence-corrected chi connectivity index (χ2v) is 11.9. The number of benzene rings is 2. The number of hydrogen-bond acceptors (Lipinski definition) is 3. The van der Waals surface area contributed by atoms with Gasteiger partial charge in [-0.25, -0.2) is 0 Å². The van der Waals surface area contributed by atoms with Crippen molar-refractivity contribution in [3.63, 3.8) is 0 Å². The van der Waals surface area contributed by atoms with E-state index in [9.17, 15) is 0 Å². The third kappa shape index (κ3) is 3.69. The SMILES string of the molecule is CO[C@H]1C=C[C@@H](CO[Si](c2ccccc2)(c2ccccc2)C(C)(C)C)O1. The molecule has 0 aromatic heterocycles. The first-order valence-corrected chi connectivity index (χ1v) is 11.0. The Bertz CT molecular complexity index is 683. The smallest absolute Gasteiger partial charge is 0.261 e. The lowest BCUT2D eigenvalue weighted by atomic mass is 10.2. The van der Waals surface area contributed by atoms with Gasteiger partial charge in [-0.1, -0.05) is 87.5 Å². The molecule has 0 bridgehead atoms. The fraction of sp³-hybridized carbons (Fsp3) is 0.364. The minimum absolute atomic E-state index is 0.0291. The molecule has 3 rings (SSSR count). The first-order chi connectivity index (χ1) is 12.5. The van der Waals surface area contributed by atoms with Crippen molar-refractivity contribution in [3.05, 3.63) is 72.8 Å². The Balaban J connectivity index is 1.99. The van der Waals surface area contributed by atoms with Crippen LogP contribution in [-0.2, 0) is 13.9 Å². The van der Waals surface area contributed by atoms with Crippen molar-refractivity contribution in [3.8, 4) is 0 Å². The molecule has 26 heavy (non-hydrogen) atoms. The molecular weight excluding hydrogens is 340 g/mol. The molecule has 0 N–H and O–H groups in total. The quantitative estimate of drug-likeness (QED) is 0.577. The molecule has 0 saturated carbocycles. The van der Waals surface area contributed by atoms with E-state index >= 15 is 0 Å². The van der Waals surface area contributed by atoms with Crippen LogP contribution in [-0.4, -0.2) is 34.4 Å². The summed E-state index contributed by atoms with van der Waals surface area (Å²) < 4.78 is 18.0. The minimum Gasteiger partial charge on any atom is -0.404 e. The van der Waals surface area contributed by atoms with Gasteiger partial charge in [-0.05, 0) is 21.5 Å². The molecule has 3 nitrogen and oxygen atoms in total. The van der Waals surface area contributed by atoms with Gasteiger partial charge in [0.05, 0.1) is 6.61 Å². The van der Waals surface area contributed by atoms with Gasteiger partial charge in [0.2, 0.25) is 0 Å². The molecule has 0 unspecified atom stereocenters. The summed E-state index contributed by atoms with van der Waals surface area (Å²) in [5.74, 6) is 0. The molecule has 1 heterocycles. The first kappa shape index (κ1) is 19.0. The normalized spacial score (nSPS) is 20.5.